The minimum absolute atomic E-state index is 0.805. The summed E-state index contributed by atoms with van der Waals surface area (Å²) >= 11 is 0. The van der Waals surface area contributed by atoms with Crippen LogP contribution in [0.3, 0.4) is 0 Å². The molecule has 0 atom stereocenters. The molecule has 5 heteroatoms. The summed E-state index contributed by atoms with van der Waals surface area (Å²) in [6.07, 6.45) is 6.05. The molecule has 0 aromatic carbocycles. The second-order valence-electron chi connectivity index (χ2n) is 4.30. The molecule has 0 unspecified atom stereocenters. The molecule has 0 saturated carbocycles. The molecule has 1 aliphatic heterocycles. The van der Waals surface area contributed by atoms with Gasteiger partial charge in [-0.2, -0.15) is 5.10 Å². The molecule has 90 valence electrons. The Kier molecular flexibility index (Phi) is 4.76. The summed E-state index contributed by atoms with van der Waals surface area (Å²) in [6.45, 7) is 4.05. The van der Waals surface area contributed by atoms with E-state index in [2.05, 4.69) is 20.5 Å². The number of nitrogens with one attached hydrogen (secondary N) is 2. The monoisotopic (exact) mass is 224 g/mol. The standard InChI is InChI=1S/C11H20N4O/c1(2-11-13-9-14-15-11)5-12-8-10-3-6-16-7-4-10/h9-10,12H,1-8H2,(H,13,14,15). The van der Waals surface area contributed by atoms with Gasteiger partial charge in [0.25, 0.3) is 0 Å². The lowest BCUT2D eigenvalue weighted by Gasteiger charge is -2.22. The molecular weight excluding hydrogens is 204 g/mol. The van der Waals surface area contributed by atoms with Crippen LogP contribution in [0.1, 0.15) is 25.1 Å². The first-order valence-electron chi connectivity index (χ1n) is 6.08. The molecule has 0 radical (unpaired) electrons. The van der Waals surface area contributed by atoms with Gasteiger partial charge < -0.3 is 10.1 Å². The van der Waals surface area contributed by atoms with E-state index in [1.165, 1.54) is 12.8 Å². The maximum absolute atomic E-state index is 5.33. The van der Waals surface area contributed by atoms with Gasteiger partial charge in [0.2, 0.25) is 0 Å². The molecule has 1 aliphatic rings. The number of aromatic amines is 1. The summed E-state index contributed by atoms with van der Waals surface area (Å²) in [6, 6.07) is 0. The summed E-state index contributed by atoms with van der Waals surface area (Å²) in [5.41, 5.74) is 0. The second-order valence-corrected chi connectivity index (χ2v) is 4.30. The number of H-pyrrole nitrogens is 1. The molecule has 0 bridgehead atoms. The Morgan fingerprint density at radius 2 is 2.31 bits per heavy atom. The lowest BCUT2D eigenvalue weighted by Crippen LogP contribution is -2.28. The third kappa shape index (κ3) is 3.90. The van der Waals surface area contributed by atoms with Crippen molar-refractivity contribution in [3.05, 3.63) is 12.2 Å². The van der Waals surface area contributed by atoms with E-state index in [0.29, 0.717) is 0 Å². The highest BCUT2D eigenvalue weighted by molar-refractivity contribution is 4.79. The lowest BCUT2D eigenvalue weighted by atomic mass is 10.0. The molecule has 0 amide bonds. The SMILES string of the molecule is c1n[nH]c(CCCNCC2CCOCC2)n1. The Morgan fingerprint density at radius 1 is 1.44 bits per heavy atom. The van der Waals surface area contributed by atoms with Crippen molar-refractivity contribution in [3.63, 3.8) is 0 Å². The quantitative estimate of drug-likeness (QED) is 0.700. The highest BCUT2D eigenvalue weighted by atomic mass is 16.5. The van der Waals surface area contributed by atoms with Gasteiger partial charge in [-0.3, -0.25) is 5.10 Å². The van der Waals surface area contributed by atoms with Gasteiger partial charge >= 0.3 is 0 Å². The summed E-state index contributed by atoms with van der Waals surface area (Å²) in [4.78, 5) is 4.09. The fraction of sp³-hybridized carbons (Fsp3) is 0.818. The number of nitrogens with zero attached hydrogens (tertiary/aromatic N) is 2. The molecule has 2 heterocycles. The van der Waals surface area contributed by atoms with Gasteiger partial charge in [0.1, 0.15) is 12.2 Å². The summed E-state index contributed by atoms with van der Waals surface area (Å²) < 4.78 is 5.33. The van der Waals surface area contributed by atoms with Crippen molar-refractivity contribution in [2.24, 2.45) is 5.92 Å². The minimum Gasteiger partial charge on any atom is -0.381 e. The molecule has 0 spiro atoms. The van der Waals surface area contributed by atoms with Crippen LogP contribution < -0.4 is 5.32 Å². The normalized spacial score (nSPS) is 17.8. The zero-order valence-corrected chi connectivity index (χ0v) is 9.61. The van der Waals surface area contributed by atoms with E-state index in [9.17, 15) is 0 Å². The highest BCUT2D eigenvalue weighted by Crippen LogP contribution is 2.12. The van der Waals surface area contributed by atoms with Gasteiger partial charge in [0.15, 0.2) is 0 Å². The average Bonchev–Trinajstić information content (AvgIpc) is 2.83. The van der Waals surface area contributed by atoms with E-state index in [1.807, 2.05) is 0 Å². The number of aryl methyl sites for hydroxylation is 1. The van der Waals surface area contributed by atoms with Crippen molar-refractivity contribution >= 4 is 0 Å². The maximum atomic E-state index is 5.33. The zero-order chi connectivity index (χ0) is 11.1. The number of aromatic nitrogens is 3. The molecule has 1 aromatic rings. The Morgan fingerprint density at radius 3 is 3.06 bits per heavy atom. The van der Waals surface area contributed by atoms with E-state index < -0.39 is 0 Å². The number of ether oxygens (including phenoxy) is 1. The molecule has 2 N–H and O–H groups in total. The van der Waals surface area contributed by atoms with Crippen LogP contribution in [0.25, 0.3) is 0 Å². The number of hydrogen-bond donors (Lipinski definition) is 2. The largest absolute Gasteiger partial charge is 0.381 e. The molecule has 2 rings (SSSR count). The van der Waals surface area contributed by atoms with Gasteiger partial charge in [0.05, 0.1) is 0 Å². The third-order valence-electron chi connectivity index (χ3n) is 3.01. The van der Waals surface area contributed by atoms with Crippen LogP contribution in [0.4, 0.5) is 0 Å². The summed E-state index contributed by atoms with van der Waals surface area (Å²) in [7, 11) is 0. The number of hydrogen-bond acceptors (Lipinski definition) is 4. The van der Waals surface area contributed by atoms with Crippen LogP contribution in [0.5, 0.6) is 0 Å². The first-order chi connectivity index (χ1) is 7.95. The van der Waals surface area contributed by atoms with Crippen LogP contribution in [0.2, 0.25) is 0 Å². The van der Waals surface area contributed by atoms with E-state index in [4.69, 9.17) is 4.74 Å². The molecular formula is C11H20N4O. The van der Waals surface area contributed by atoms with Gasteiger partial charge in [0, 0.05) is 19.6 Å². The molecule has 0 aliphatic carbocycles. The van der Waals surface area contributed by atoms with E-state index in [-0.39, 0.29) is 0 Å². The Balaban J connectivity index is 1.48. The van der Waals surface area contributed by atoms with Gasteiger partial charge in [-0.15, -0.1) is 0 Å². The first kappa shape index (κ1) is 11.5. The maximum Gasteiger partial charge on any atom is 0.137 e. The summed E-state index contributed by atoms with van der Waals surface area (Å²) in [5.74, 6) is 1.78. The van der Waals surface area contributed by atoms with Gasteiger partial charge in [-0.25, -0.2) is 4.98 Å². The fourth-order valence-electron chi connectivity index (χ4n) is 1.99. The van der Waals surface area contributed by atoms with Crippen molar-refractivity contribution in [3.8, 4) is 0 Å². The second kappa shape index (κ2) is 6.60. The van der Waals surface area contributed by atoms with E-state index >= 15 is 0 Å². The first-order valence-corrected chi connectivity index (χ1v) is 6.08. The van der Waals surface area contributed by atoms with Crippen molar-refractivity contribution in [2.75, 3.05) is 26.3 Å². The van der Waals surface area contributed by atoms with Crippen LogP contribution >= 0.6 is 0 Å². The average molecular weight is 224 g/mol. The van der Waals surface area contributed by atoms with Crippen LogP contribution in [0.15, 0.2) is 6.33 Å². The van der Waals surface area contributed by atoms with Gasteiger partial charge in [-0.05, 0) is 38.3 Å². The molecule has 1 saturated heterocycles. The van der Waals surface area contributed by atoms with E-state index in [1.54, 1.807) is 6.33 Å². The van der Waals surface area contributed by atoms with Crippen LogP contribution in [-0.4, -0.2) is 41.5 Å². The molecule has 1 fully saturated rings. The highest BCUT2D eigenvalue weighted by Gasteiger charge is 2.12. The summed E-state index contributed by atoms with van der Waals surface area (Å²) in [5, 5.41) is 10.2. The van der Waals surface area contributed by atoms with Crippen molar-refractivity contribution in [1.82, 2.24) is 20.5 Å². The predicted molar refractivity (Wildman–Crippen MR) is 61.1 cm³/mol. The van der Waals surface area contributed by atoms with Crippen LogP contribution in [-0.2, 0) is 11.2 Å². The predicted octanol–water partition coefficient (Wildman–Crippen LogP) is 0.753. The number of rotatable bonds is 6. The Bertz CT molecular complexity index is 270. The van der Waals surface area contributed by atoms with Crippen molar-refractivity contribution in [1.29, 1.82) is 0 Å². The smallest absolute Gasteiger partial charge is 0.137 e. The Labute approximate surface area is 96.0 Å². The fourth-order valence-corrected chi connectivity index (χ4v) is 1.99. The van der Waals surface area contributed by atoms with Crippen LogP contribution in [0, 0.1) is 5.92 Å². The molecule has 16 heavy (non-hydrogen) atoms. The van der Waals surface area contributed by atoms with Crippen molar-refractivity contribution < 1.29 is 4.74 Å². The van der Waals surface area contributed by atoms with Gasteiger partial charge in [-0.1, -0.05) is 0 Å². The Hall–Kier alpha value is -0.940. The molecule has 1 aromatic heterocycles. The minimum atomic E-state index is 0.805. The molecule has 5 nitrogen and oxygen atoms in total. The van der Waals surface area contributed by atoms with Crippen molar-refractivity contribution in [2.45, 2.75) is 25.7 Å². The topological polar surface area (TPSA) is 62.8 Å². The van der Waals surface area contributed by atoms with E-state index in [0.717, 1.165) is 50.9 Å². The third-order valence-corrected chi connectivity index (χ3v) is 3.01. The lowest BCUT2D eigenvalue weighted by molar-refractivity contribution is 0.0663. The zero-order valence-electron chi connectivity index (χ0n) is 9.61.